The highest BCUT2D eigenvalue weighted by Crippen LogP contribution is 2.31. The van der Waals surface area contributed by atoms with E-state index in [-0.39, 0.29) is 11.1 Å². The average molecular weight is 320 g/mol. The minimum absolute atomic E-state index is 0.163. The third-order valence-corrected chi connectivity index (χ3v) is 4.87. The van der Waals surface area contributed by atoms with Gasteiger partial charge in [0.1, 0.15) is 11.6 Å². The van der Waals surface area contributed by atoms with Crippen molar-refractivity contribution in [2.45, 2.75) is 20.8 Å². The fourth-order valence-corrected chi connectivity index (χ4v) is 3.46. The van der Waals surface area contributed by atoms with Crippen LogP contribution in [0.4, 0.5) is 0 Å². The lowest BCUT2D eigenvalue weighted by atomic mass is 9.95. The number of H-pyrrole nitrogens is 1. The Hall–Kier alpha value is -2.64. The molecule has 0 amide bonds. The van der Waals surface area contributed by atoms with E-state index >= 15 is 0 Å². The van der Waals surface area contributed by atoms with Gasteiger partial charge in [0.05, 0.1) is 10.6 Å². The van der Waals surface area contributed by atoms with Gasteiger partial charge in [0.25, 0.3) is 5.56 Å². The molecule has 0 radical (unpaired) electrons. The highest BCUT2D eigenvalue weighted by molar-refractivity contribution is 7.15. The molecule has 0 aliphatic heterocycles. The second kappa shape index (κ2) is 5.86. The van der Waals surface area contributed by atoms with Crippen LogP contribution in [0.1, 0.15) is 21.6 Å². The number of hydrogen-bond donors (Lipinski definition) is 1. The Balaban J connectivity index is 2.31. The van der Waals surface area contributed by atoms with Crippen LogP contribution in [0.25, 0.3) is 21.7 Å². The standard InChI is InChI=1S/C19H16N2OS/c1-11-4-5-12(2)14(8-11)15-9-17(18-7-6-13(3)23-18)21-19(22)16(15)10-20/h4-9H,1-3H3,(H,21,22). The van der Waals surface area contributed by atoms with Crippen molar-refractivity contribution >= 4 is 11.3 Å². The van der Waals surface area contributed by atoms with Crippen LogP contribution in [-0.2, 0) is 0 Å². The smallest absolute Gasteiger partial charge is 0.266 e. The molecule has 3 aromatic rings. The number of nitriles is 1. The van der Waals surface area contributed by atoms with Crippen molar-refractivity contribution in [3.05, 3.63) is 68.3 Å². The third-order valence-electron chi connectivity index (χ3n) is 3.83. The van der Waals surface area contributed by atoms with E-state index in [0.717, 1.165) is 27.3 Å². The highest BCUT2D eigenvalue weighted by Gasteiger charge is 2.15. The number of hydrogen-bond acceptors (Lipinski definition) is 3. The van der Waals surface area contributed by atoms with E-state index in [1.807, 2.05) is 57.2 Å². The zero-order valence-electron chi connectivity index (χ0n) is 13.2. The summed E-state index contributed by atoms with van der Waals surface area (Å²) in [5.41, 5.74) is 4.35. The van der Waals surface area contributed by atoms with E-state index in [0.29, 0.717) is 5.56 Å². The van der Waals surface area contributed by atoms with Gasteiger partial charge in [-0.1, -0.05) is 23.8 Å². The molecule has 3 nitrogen and oxygen atoms in total. The van der Waals surface area contributed by atoms with Crippen molar-refractivity contribution in [2.75, 3.05) is 0 Å². The average Bonchev–Trinajstić information content (AvgIpc) is 2.95. The molecule has 0 spiro atoms. The van der Waals surface area contributed by atoms with Crippen LogP contribution < -0.4 is 5.56 Å². The number of aromatic amines is 1. The van der Waals surface area contributed by atoms with E-state index in [4.69, 9.17) is 0 Å². The van der Waals surface area contributed by atoms with Gasteiger partial charge in [-0.05, 0) is 50.1 Å². The minimum Gasteiger partial charge on any atom is -0.320 e. The number of nitrogens with one attached hydrogen (secondary N) is 1. The van der Waals surface area contributed by atoms with Crippen molar-refractivity contribution in [3.63, 3.8) is 0 Å². The summed E-state index contributed by atoms with van der Waals surface area (Å²) in [7, 11) is 0. The first-order valence-corrected chi connectivity index (χ1v) is 8.13. The Morgan fingerprint density at radius 1 is 1.04 bits per heavy atom. The summed E-state index contributed by atoms with van der Waals surface area (Å²) in [6.07, 6.45) is 0. The maximum atomic E-state index is 12.4. The second-order valence-corrected chi connectivity index (χ2v) is 6.93. The molecule has 2 heterocycles. The largest absolute Gasteiger partial charge is 0.320 e. The van der Waals surface area contributed by atoms with E-state index < -0.39 is 0 Å². The number of aryl methyl sites for hydroxylation is 3. The fourth-order valence-electron chi connectivity index (χ4n) is 2.62. The molecule has 0 bridgehead atoms. The lowest BCUT2D eigenvalue weighted by Crippen LogP contribution is -2.12. The topological polar surface area (TPSA) is 56.6 Å². The summed E-state index contributed by atoms with van der Waals surface area (Å²) >= 11 is 1.62. The number of aromatic nitrogens is 1. The molecule has 0 saturated heterocycles. The number of pyridine rings is 1. The van der Waals surface area contributed by atoms with Crippen molar-refractivity contribution in [1.82, 2.24) is 4.98 Å². The van der Waals surface area contributed by atoms with Gasteiger partial charge >= 0.3 is 0 Å². The molecular formula is C19H16N2OS. The van der Waals surface area contributed by atoms with Crippen LogP contribution in [-0.4, -0.2) is 4.98 Å². The van der Waals surface area contributed by atoms with E-state index in [9.17, 15) is 10.1 Å². The zero-order valence-corrected chi connectivity index (χ0v) is 14.0. The summed E-state index contributed by atoms with van der Waals surface area (Å²) in [6.45, 7) is 6.03. The van der Waals surface area contributed by atoms with E-state index in [1.54, 1.807) is 11.3 Å². The highest BCUT2D eigenvalue weighted by atomic mass is 32.1. The first-order valence-electron chi connectivity index (χ1n) is 7.31. The van der Waals surface area contributed by atoms with Crippen LogP contribution in [0.15, 0.2) is 41.2 Å². The molecule has 0 fully saturated rings. The Morgan fingerprint density at radius 3 is 2.48 bits per heavy atom. The monoisotopic (exact) mass is 320 g/mol. The fraction of sp³-hybridized carbons (Fsp3) is 0.158. The van der Waals surface area contributed by atoms with Gasteiger partial charge in [-0.25, -0.2) is 0 Å². The van der Waals surface area contributed by atoms with Crippen molar-refractivity contribution < 1.29 is 0 Å². The Labute approximate surface area is 138 Å². The molecule has 0 aliphatic rings. The summed E-state index contributed by atoms with van der Waals surface area (Å²) in [5, 5.41) is 9.42. The normalized spacial score (nSPS) is 10.5. The Morgan fingerprint density at radius 2 is 1.83 bits per heavy atom. The van der Waals surface area contributed by atoms with Crippen molar-refractivity contribution in [1.29, 1.82) is 5.26 Å². The maximum absolute atomic E-state index is 12.4. The molecule has 114 valence electrons. The molecule has 0 atom stereocenters. The first kappa shape index (κ1) is 15.3. The summed E-state index contributed by atoms with van der Waals surface area (Å²) < 4.78 is 0. The van der Waals surface area contributed by atoms with Gasteiger partial charge in [0, 0.05) is 10.4 Å². The van der Waals surface area contributed by atoms with Gasteiger partial charge < -0.3 is 4.98 Å². The lowest BCUT2D eigenvalue weighted by molar-refractivity contribution is 1.22. The quantitative estimate of drug-likeness (QED) is 0.752. The minimum atomic E-state index is -0.341. The van der Waals surface area contributed by atoms with Gasteiger partial charge in [-0.15, -0.1) is 11.3 Å². The summed E-state index contributed by atoms with van der Waals surface area (Å²) in [4.78, 5) is 17.4. The number of thiophene rings is 1. The van der Waals surface area contributed by atoms with Gasteiger partial charge in [0.2, 0.25) is 0 Å². The third kappa shape index (κ3) is 2.84. The van der Waals surface area contributed by atoms with Gasteiger partial charge in [0.15, 0.2) is 0 Å². The van der Waals surface area contributed by atoms with Crippen molar-refractivity contribution in [2.24, 2.45) is 0 Å². The Bertz CT molecular complexity index is 989. The molecule has 4 heteroatoms. The number of benzene rings is 1. The molecular weight excluding hydrogens is 304 g/mol. The molecule has 23 heavy (non-hydrogen) atoms. The molecule has 0 aliphatic carbocycles. The molecule has 1 aromatic carbocycles. The summed E-state index contributed by atoms with van der Waals surface area (Å²) in [5.74, 6) is 0. The van der Waals surface area contributed by atoms with Gasteiger partial charge in [-0.2, -0.15) is 5.26 Å². The number of nitrogens with zero attached hydrogens (tertiary/aromatic N) is 1. The molecule has 0 unspecified atom stereocenters. The molecule has 2 aromatic heterocycles. The second-order valence-electron chi connectivity index (χ2n) is 5.64. The van der Waals surface area contributed by atoms with E-state index in [1.165, 1.54) is 4.88 Å². The number of rotatable bonds is 2. The predicted molar refractivity (Wildman–Crippen MR) is 94.7 cm³/mol. The van der Waals surface area contributed by atoms with Crippen LogP contribution in [0.5, 0.6) is 0 Å². The van der Waals surface area contributed by atoms with Crippen molar-refractivity contribution in [3.8, 4) is 27.8 Å². The Kier molecular flexibility index (Phi) is 3.89. The first-order chi connectivity index (χ1) is 11.0. The van der Waals surface area contributed by atoms with Crippen LogP contribution in [0.3, 0.4) is 0 Å². The van der Waals surface area contributed by atoms with Crippen LogP contribution in [0.2, 0.25) is 0 Å². The van der Waals surface area contributed by atoms with Crippen LogP contribution >= 0.6 is 11.3 Å². The molecule has 3 rings (SSSR count). The predicted octanol–water partition coefficient (Wildman–Crippen LogP) is 4.57. The van der Waals surface area contributed by atoms with Crippen LogP contribution in [0, 0.1) is 32.1 Å². The van der Waals surface area contributed by atoms with Gasteiger partial charge in [-0.3, -0.25) is 4.79 Å². The lowest BCUT2D eigenvalue weighted by Gasteiger charge is -2.10. The summed E-state index contributed by atoms with van der Waals surface area (Å²) in [6, 6.07) is 14.0. The zero-order chi connectivity index (χ0) is 16.6. The molecule has 0 saturated carbocycles. The SMILES string of the molecule is Cc1ccc(C)c(-c2cc(-c3ccc(C)s3)[nH]c(=O)c2C#N)c1. The van der Waals surface area contributed by atoms with E-state index in [2.05, 4.69) is 11.1 Å². The maximum Gasteiger partial charge on any atom is 0.266 e. The molecule has 1 N–H and O–H groups in total.